The van der Waals surface area contributed by atoms with Gasteiger partial charge in [0.05, 0.1) is 0 Å². The van der Waals surface area contributed by atoms with Gasteiger partial charge in [0, 0.05) is 11.9 Å². The van der Waals surface area contributed by atoms with Crippen molar-refractivity contribution in [2.45, 2.75) is 24.2 Å². The Labute approximate surface area is 122 Å². The Morgan fingerprint density at radius 1 is 1.15 bits per heavy atom. The van der Waals surface area contributed by atoms with Crippen LogP contribution in [-0.2, 0) is 22.9 Å². The maximum absolute atomic E-state index is 12.3. The van der Waals surface area contributed by atoms with Crippen LogP contribution in [-0.4, -0.2) is 13.4 Å². The van der Waals surface area contributed by atoms with E-state index < -0.39 is 10.0 Å². The lowest BCUT2D eigenvalue weighted by Crippen LogP contribution is -2.14. The molecule has 0 saturated heterocycles. The first kappa shape index (κ1) is 13.4. The second-order valence-electron chi connectivity index (χ2n) is 4.73. The number of benzene rings is 1. The Morgan fingerprint density at radius 2 is 1.95 bits per heavy atom. The van der Waals surface area contributed by atoms with E-state index in [0.717, 1.165) is 19.3 Å². The second kappa shape index (κ2) is 5.07. The van der Waals surface area contributed by atoms with E-state index in [4.69, 9.17) is 11.6 Å². The largest absolute Gasteiger partial charge is 0.280 e. The molecule has 6 heteroatoms. The number of hydrogen-bond donors (Lipinski definition) is 1. The molecule has 0 amide bonds. The van der Waals surface area contributed by atoms with Gasteiger partial charge in [-0.3, -0.25) is 4.72 Å². The van der Waals surface area contributed by atoms with Gasteiger partial charge in [0.2, 0.25) is 0 Å². The van der Waals surface area contributed by atoms with Crippen LogP contribution < -0.4 is 4.72 Å². The number of aromatic nitrogens is 1. The summed E-state index contributed by atoms with van der Waals surface area (Å²) in [6.07, 6.45) is 4.64. The van der Waals surface area contributed by atoms with E-state index in [1.54, 1.807) is 12.1 Å². The minimum Gasteiger partial charge on any atom is -0.280 e. The van der Waals surface area contributed by atoms with Gasteiger partial charge in [0.15, 0.2) is 0 Å². The van der Waals surface area contributed by atoms with Gasteiger partial charge in [0.25, 0.3) is 10.0 Å². The van der Waals surface area contributed by atoms with Crippen LogP contribution in [0.5, 0.6) is 0 Å². The summed E-state index contributed by atoms with van der Waals surface area (Å²) in [7, 11) is -3.71. The molecule has 4 nitrogen and oxygen atoms in total. The van der Waals surface area contributed by atoms with E-state index in [0.29, 0.717) is 5.69 Å². The van der Waals surface area contributed by atoms with Crippen molar-refractivity contribution in [3.8, 4) is 0 Å². The van der Waals surface area contributed by atoms with Gasteiger partial charge in [-0.15, -0.1) is 0 Å². The molecule has 1 aliphatic carbocycles. The molecule has 0 fully saturated rings. The molecule has 0 unspecified atom stereocenters. The van der Waals surface area contributed by atoms with Crippen LogP contribution in [0.4, 0.5) is 5.69 Å². The highest BCUT2D eigenvalue weighted by Gasteiger charge is 2.19. The zero-order valence-corrected chi connectivity index (χ0v) is 12.2. The van der Waals surface area contributed by atoms with E-state index in [-0.39, 0.29) is 10.0 Å². The average molecular weight is 309 g/mol. The number of nitrogens with one attached hydrogen (secondary N) is 1. The molecule has 0 saturated carbocycles. The molecule has 1 N–H and O–H groups in total. The van der Waals surface area contributed by atoms with E-state index in [2.05, 4.69) is 9.71 Å². The van der Waals surface area contributed by atoms with Crippen LogP contribution in [0, 0.1) is 0 Å². The summed E-state index contributed by atoms with van der Waals surface area (Å²) in [5, 5.41) is -0.0267. The molecular weight excluding hydrogens is 296 g/mol. The zero-order valence-electron chi connectivity index (χ0n) is 10.6. The normalized spacial score (nSPS) is 14.1. The lowest BCUT2D eigenvalue weighted by atomic mass is 10.1. The molecule has 2 aromatic rings. The van der Waals surface area contributed by atoms with Gasteiger partial charge < -0.3 is 0 Å². The Bertz CT molecular complexity index is 760. The number of halogens is 1. The van der Waals surface area contributed by atoms with Gasteiger partial charge in [-0.25, -0.2) is 13.4 Å². The summed E-state index contributed by atoms with van der Waals surface area (Å²) in [4.78, 5) is 3.78. The third kappa shape index (κ3) is 2.51. The zero-order chi connectivity index (χ0) is 14.2. The molecule has 0 spiro atoms. The van der Waals surface area contributed by atoms with Crippen molar-refractivity contribution in [3.05, 3.63) is 52.8 Å². The maximum atomic E-state index is 12.3. The van der Waals surface area contributed by atoms with Gasteiger partial charge in [-0.2, -0.15) is 0 Å². The maximum Gasteiger partial charge on any atom is 0.264 e. The van der Waals surface area contributed by atoms with Crippen molar-refractivity contribution < 1.29 is 8.42 Å². The first-order valence-corrected chi connectivity index (χ1v) is 8.17. The summed E-state index contributed by atoms with van der Waals surface area (Å²) in [5.74, 6) is 0. The molecule has 0 aliphatic heterocycles. The summed E-state index contributed by atoms with van der Waals surface area (Å²) < 4.78 is 27.1. The molecule has 1 heterocycles. The fourth-order valence-corrected chi connectivity index (χ4v) is 3.92. The molecule has 0 radical (unpaired) electrons. The summed E-state index contributed by atoms with van der Waals surface area (Å²) >= 11 is 5.84. The van der Waals surface area contributed by atoms with Gasteiger partial charge >= 0.3 is 0 Å². The Morgan fingerprint density at radius 3 is 2.75 bits per heavy atom. The van der Waals surface area contributed by atoms with Crippen molar-refractivity contribution in [2.75, 3.05) is 4.72 Å². The smallest absolute Gasteiger partial charge is 0.264 e. The topological polar surface area (TPSA) is 59.1 Å². The molecule has 20 heavy (non-hydrogen) atoms. The third-order valence-corrected chi connectivity index (χ3v) is 5.19. The van der Waals surface area contributed by atoms with Crippen LogP contribution in [0.25, 0.3) is 0 Å². The molecular formula is C14H13ClN2O2S. The Hall–Kier alpha value is -1.59. The molecule has 104 valence electrons. The molecule has 3 rings (SSSR count). The number of rotatable bonds is 3. The number of nitrogens with zero attached hydrogens (tertiary/aromatic N) is 1. The van der Waals surface area contributed by atoms with E-state index in [1.807, 2.05) is 12.1 Å². The van der Waals surface area contributed by atoms with Crippen molar-refractivity contribution >= 4 is 27.3 Å². The predicted molar refractivity (Wildman–Crippen MR) is 78.5 cm³/mol. The Balaban J connectivity index is 1.93. The van der Waals surface area contributed by atoms with Crippen LogP contribution >= 0.6 is 11.6 Å². The first-order valence-electron chi connectivity index (χ1n) is 6.31. The predicted octanol–water partition coefficient (Wildman–Crippen LogP) is 3.02. The molecule has 1 aromatic heterocycles. The number of anilines is 1. The van der Waals surface area contributed by atoms with Crippen molar-refractivity contribution in [2.24, 2.45) is 0 Å². The third-order valence-electron chi connectivity index (χ3n) is 3.37. The van der Waals surface area contributed by atoms with Gasteiger partial charge in [-0.05, 0) is 54.7 Å². The monoisotopic (exact) mass is 308 g/mol. The van der Waals surface area contributed by atoms with Crippen LogP contribution in [0.3, 0.4) is 0 Å². The summed E-state index contributed by atoms with van der Waals surface area (Å²) in [5.41, 5.74) is 3.07. The van der Waals surface area contributed by atoms with Crippen LogP contribution in [0.2, 0.25) is 5.15 Å². The highest BCUT2D eigenvalue weighted by atomic mass is 35.5. The fourth-order valence-electron chi connectivity index (χ4n) is 2.42. The van der Waals surface area contributed by atoms with Crippen molar-refractivity contribution in [3.63, 3.8) is 0 Å². The van der Waals surface area contributed by atoms with E-state index in [1.165, 1.54) is 23.4 Å². The number of fused-ring (bicyclic) bond motifs is 1. The SMILES string of the molecule is O=S(=O)(Nc1ccc2c(c1)CCC2)c1cccnc1Cl. The summed E-state index contributed by atoms with van der Waals surface area (Å²) in [6.45, 7) is 0. The standard InChI is InChI=1S/C14H13ClN2O2S/c15-14-13(5-2-8-16-14)20(18,19)17-12-7-6-10-3-1-4-11(10)9-12/h2,5-9,17H,1,3-4H2. The van der Waals surface area contributed by atoms with Gasteiger partial charge in [0.1, 0.15) is 10.0 Å². The average Bonchev–Trinajstić information content (AvgIpc) is 2.86. The van der Waals surface area contributed by atoms with Crippen molar-refractivity contribution in [1.82, 2.24) is 4.98 Å². The number of hydrogen-bond acceptors (Lipinski definition) is 3. The highest BCUT2D eigenvalue weighted by molar-refractivity contribution is 7.92. The van der Waals surface area contributed by atoms with E-state index >= 15 is 0 Å². The van der Waals surface area contributed by atoms with Crippen LogP contribution in [0.15, 0.2) is 41.4 Å². The second-order valence-corrected chi connectivity index (χ2v) is 6.74. The quantitative estimate of drug-likeness (QED) is 0.887. The lowest BCUT2D eigenvalue weighted by molar-refractivity contribution is 0.601. The van der Waals surface area contributed by atoms with Gasteiger partial charge in [-0.1, -0.05) is 17.7 Å². The lowest BCUT2D eigenvalue weighted by Gasteiger charge is -2.10. The van der Waals surface area contributed by atoms with Crippen LogP contribution in [0.1, 0.15) is 17.5 Å². The number of aryl methyl sites for hydroxylation is 2. The minimum atomic E-state index is -3.71. The number of sulfonamides is 1. The molecule has 1 aliphatic rings. The summed E-state index contributed by atoms with van der Waals surface area (Å²) in [6, 6.07) is 8.63. The number of pyridine rings is 1. The molecule has 1 aromatic carbocycles. The highest BCUT2D eigenvalue weighted by Crippen LogP contribution is 2.27. The molecule has 0 bridgehead atoms. The van der Waals surface area contributed by atoms with E-state index in [9.17, 15) is 8.42 Å². The fraction of sp³-hybridized carbons (Fsp3) is 0.214. The Kier molecular flexibility index (Phi) is 3.40. The molecule has 0 atom stereocenters. The first-order chi connectivity index (χ1) is 9.56. The van der Waals surface area contributed by atoms with Crippen molar-refractivity contribution in [1.29, 1.82) is 0 Å². The minimum absolute atomic E-state index is 0.0119.